The number of aliphatic hydroxyl groups is 1. The van der Waals surface area contributed by atoms with Gasteiger partial charge < -0.3 is 24.1 Å². The Morgan fingerprint density at radius 3 is 2.58 bits per heavy atom. The number of rotatable bonds is 3. The summed E-state index contributed by atoms with van der Waals surface area (Å²) in [5.74, 6) is 0.0905. The second-order valence-electron chi connectivity index (χ2n) is 5.12. The van der Waals surface area contributed by atoms with Crippen molar-refractivity contribution in [3.63, 3.8) is 0 Å². The number of aliphatic hydroxyl groups excluding tert-OH is 1. The van der Waals surface area contributed by atoms with E-state index in [-0.39, 0.29) is 11.9 Å². The largest absolute Gasteiger partial charge is 0.390 e. The van der Waals surface area contributed by atoms with Crippen LogP contribution in [-0.2, 0) is 23.7 Å². The van der Waals surface area contributed by atoms with Crippen LogP contribution in [0.3, 0.4) is 0 Å². The zero-order valence-corrected chi connectivity index (χ0v) is 11.6. The quantitative estimate of drug-likeness (QED) is 0.812. The SMILES string of the molecule is COC1CC(O)C(OC2CCC(=O)C(C)O2)C(C)O1. The molecule has 0 radical (unpaired) electrons. The summed E-state index contributed by atoms with van der Waals surface area (Å²) in [6.07, 6.45) is -1.38. The van der Waals surface area contributed by atoms with E-state index >= 15 is 0 Å². The molecule has 0 aromatic rings. The van der Waals surface area contributed by atoms with E-state index in [1.807, 2.05) is 6.92 Å². The van der Waals surface area contributed by atoms with E-state index in [1.165, 1.54) is 0 Å². The summed E-state index contributed by atoms with van der Waals surface area (Å²) in [4.78, 5) is 11.4. The van der Waals surface area contributed by atoms with Crippen LogP contribution in [0.5, 0.6) is 0 Å². The van der Waals surface area contributed by atoms with Gasteiger partial charge in [0.25, 0.3) is 0 Å². The number of carbonyl (C=O) groups excluding carboxylic acids is 1. The van der Waals surface area contributed by atoms with Gasteiger partial charge in [0.1, 0.15) is 12.2 Å². The standard InChI is InChI=1S/C13H22O6/c1-7-9(14)4-5-11(17-7)19-13-8(2)18-12(16-3)6-10(13)15/h7-8,10-13,15H,4-6H2,1-3H3. The first-order chi connectivity index (χ1) is 9.01. The molecule has 6 unspecified atom stereocenters. The Balaban J connectivity index is 1.90. The molecule has 1 N–H and O–H groups in total. The Morgan fingerprint density at radius 2 is 2.00 bits per heavy atom. The third-order valence-corrected chi connectivity index (χ3v) is 3.65. The summed E-state index contributed by atoms with van der Waals surface area (Å²) in [6.45, 7) is 3.55. The number of hydrogen-bond acceptors (Lipinski definition) is 6. The highest BCUT2D eigenvalue weighted by Crippen LogP contribution is 2.27. The maximum atomic E-state index is 11.4. The average molecular weight is 274 g/mol. The molecular formula is C13H22O6. The van der Waals surface area contributed by atoms with Gasteiger partial charge in [-0.25, -0.2) is 0 Å². The number of hydrogen-bond donors (Lipinski definition) is 1. The number of Topliss-reactive ketones (excluding diaryl/α,β-unsaturated/α-hetero) is 1. The van der Waals surface area contributed by atoms with Gasteiger partial charge in [-0.05, 0) is 13.8 Å². The minimum absolute atomic E-state index is 0.0905. The zero-order valence-electron chi connectivity index (χ0n) is 11.6. The van der Waals surface area contributed by atoms with Crippen LogP contribution in [-0.4, -0.2) is 55.0 Å². The van der Waals surface area contributed by atoms with Crippen LogP contribution in [0, 0.1) is 0 Å². The van der Waals surface area contributed by atoms with E-state index in [9.17, 15) is 9.90 Å². The van der Waals surface area contributed by atoms with Crippen molar-refractivity contribution in [1.82, 2.24) is 0 Å². The van der Waals surface area contributed by atoms with Crippen molar-refractivity contribution >= 4 is 5.78 Å². The smallest absolute Gasteiger partial charge is 0.161 e. The van der Waals surface area contributed by atoms with Gasteiger partial charge in [-0.2, -0.15) is 0 Å². The Hall–Kier alpha value is -0.530. The lowest BCUT2D eigenvalue weighted by Gasteiger charge is -2.40. The van der Waals surface area contributed by atoms with E-state index in [0.29, 0.717) is 19.3 Å². The van der Waals surface area contributed by atoms with Crippen LogP contribution in [0.4, 0.5) is 0 Å². The van der Waals surface area contributed by atoms with Gasteiger partial charge in [0.2, 0.25) is 0 Å². The highest BCUT2D eigenvalue weighted by Gasteiger charge is 2.39. The van der Waals surface area contributed by atoms with Gasteiger partial charge in [0, 0.05) is 26.4 Å². The molecule has 0 bridgehead atoms. The van der Waals surface area contributed by atoms with Crippen molar-refractivity contribution in [3.05, 3.63) is 0 Å². The summed E-state index contributed by atoms with van der Waals surface area (Å²) in [5, 5.41) is 10.1. The maximum absolute atomic E-state index is 11.4. The fourth-order valence-corrected chi connectivity index (χ4v) is 2.48. The predicted octanol–water partition coefficient (Wildman–Crippen LogP) is 0.608. The lowest BCUT2D eigenvalue weighted by molar-refractivity contribution is -0.288. The molecule has 2 rings (SSSR count). The van der Waals surface area contributed by atoms with E-state index in [0.717, 1.165) is 0 Å². The second-order valence-corrected chi connectivity index (χ2v) is 5.12. The monoisotopic (exact) mass is 274 g/mol. The van der Waals surface area contributed by atoms with Gasteiger partial charge in [-0.15, -0.1) is 0 Å². The minimum Gasteiger partial charge on any atom is -0.390 e. The first-order valence-electron chi connectivity index (χ1n) is 6.71. The molecule has 0 aliphatic carbocycles. The van der Waals surface area contributed by atoms with E-state index in [1.54, 1.807) is 14.0 Å². The first-order valence-corrected chi connectivity index (χ1v) is 6.71. The average Bonchev–Trinajstić information content (AvgIpc) is 2.37. The molecule has 19 heavy (non-hydrogen) atoms. The molecular weight excluding hydrogens is 252 g/mol. The van der Waals surface area contributed by atoms with Gasteiger partial charge in [-0.1, -0.05) is 0 Å². The molecule has 6 atom stereocenters. The van der Waals surface area contributed by atoms with Gasteiger partial charge in [0.15, 0.2) is 18.4 Å². The summed E-state index contributed by atoms with van der Waals surface area (Å²) >= 11 is 0. The van der Waals surface area contributed by atoms with Crippen LogP contribution in [0.25, 0.3) is 0 Å². The molecule has 6 nitrogen and oxygen atoms in total. The fraction of sp³-hybridized carbons (Fsp3) is 0.923. The van der Waals surface area contributed by atoms with Crippen molar-refractivity contribution in [1.29, 1.82) is 0 Å². The van der Waals surface area contributed by atoms with Crippen molar-refractivity contribution in [2.45, 2.75) is 70.1 Å². The molecule has 0 amide bonds. The molecule has 0 aromatic carbocycles. The van der Waals surface area contributed by atoms with Crippen LogP contribution in [0.2, 0.25) is 0 Å². The molecule has 0 aromatic heterocycles. The normalized spacial score (nSPS) is 44.3. The third-order valence-electron chi connectivity index (χ3n) is 3.65. The van der Waals surface area contributed by atoms with Crippen LogP contribution in [0.1, 0.15) is 33.1 Å². The van der Waals surface area contributed by atoms with E-state index < -0.39 is 30.9 Å². The number of ketones is 1. The third kappa shape index (κ3) is 3.52. The number of methoxy groups -OCH3 is 1. The summed E-state index contributed by atoms with van der Waals surface area (Å²) < 4.78 is 21.9. The van der Waals surface area contributed by atoms with Crippen molar-refractivity contribution < 1.29 is 28.8 Å². The summed E-state index contributed by atoms with van der Waals surface area (Å²) in [6, 6.07) is 0. The molecule has 0 saturated carbocycles. The molecule has 110 valence electrons. The second kappa shape index (κ2) is 6.28. The fourth-order valence-electron chi connectivity index (χ4n) is 2.48. The van der Waals surface area contributed by atoms with Crippen molar-refractivity contribution in [3.8, 4) is 0 Å². The number of ether oxygens (including phenoxy) is 4. The molecule has 0 spiro atoms. The van der Waals surface area contributed by atoms with Crippen molar-refractivity contribution in [2.75, 3.05) is 7.11 Å². The Morgan fingerprint density at radius 1 is 1.26 bits per heavy atom. The molecule has 2 aliphatic rings. The lowest BCUT2D eigenvalue weighted by Crippen LogP contribution is -2.51. The summed E-state index contributed by atoms with van der Waals surface area (Å²) in [7, 11) is 1.54. The van der Waals surface area contributed by atoms with E-state index in [4.69, 9.17) is 18.9 Å². The molecule has 2 fully saturated rings. The van der Waals surface area contributed by atoms with Crippen LogP contribution in [0.15, 0.2) is 0 Å². The lowest BCUT2D eigenvalue weighted by atomic mass is 10.0. The van der Waals surface area contributed by atoms with Crippen LogP contribution < -0.4 is 0 Å². The summed E-state index contributed by atoms with van der Waals surface area (Å²) in [5.41, 5.74) is 0. The predicted molar refractivity (Wildman–Crippen MR) is 65.4 cm³/mol. The van der Waals surface area contributed by atoms with Gasteiger partial charge >= 0.3 is 0 Å². The highest BCUT2D eigenvalue weighted by atomic mass is 16.7. The Bertz CT molecular complexity index is 308. The molecule has 2 saturated heterocycles. The Kier molecular flexibility index (Phi) is 4.92. The minimum atomic E-state index is -0.662. The molecule has 6 heteroatoms. The van der Waals surface area contributed by atoms with Crippen molar-refractivity contribution in [2.24, 2.45) is 0 Å². The molecule has 2 aliphatic heterocycles. The van der Waals surface area contributed by atoms with Crippen LogP contribution >= 0.6 is 0 Å². The zero-order chi connectivity index (χ0) is 14.0. The topological polar surface area (TPSA) is 74.2 Å². The van der Waals surface area contributed by atoms with Gasteiger partial charge in [-0.3, -0.25) is 4.79 Å². The van der Waals surface area contributed by atoms with E-state index in [2.05, 4.69) is 0 Å². The maximum Gasteiger partial charge on any atom is 0.161 e. The molecule has 2 heterocycles. The first kappa shape index (κ1) is 14.9. The Labute approximate surface area is 113 Å². The highest BCUT2D eigenvalue weighted by molar-refractivity contribution is 5.83. The van der Waals surface area contributed by atoms with Gasteiger partial charge in [0.05, 0.1) is 12.2 Å². The number of carbonyl (C=O) groups is 1.